The Morgan fingerprint density at radius 2 is 1.83 bits per heavy atom. The van der Waals surface area contributed by atoms with Gasteiger partial charge in [-0.25, -0.2) is 0 Å². The van der Waals surface area contributed by atoms with Crippen LogP contribution in [0.2, 0.25) is 0 Å². The molecule has 0 aromatic rings. The van der Waals surface area contributed by atoms with Gasteiger partial charge >= 0.3 is 0 Å². The lowest BCUT2D eigenvalue weighted by atomic mass is 10.2. The van der Waals surface area contributed by atoms with E-state index >= 15 is 0 Å². The highest BCUT2D eigenvalue weighted by Gasteiger charge is 1.91. The Morgan fingerprint density at radius 3 is 2.42 bits per heavy atom. The molecule has 0 aromatic carbocycles. The molecule has 0 spiro atoms. The van der Waals surface area contributed by atoms with Crippen molar-refractivity contribution in [1.82, 2.24) is 4.90 Å². The molecule has 0 atom stereocenters. The van der Waals surface area contributed by atoms with Crippen molar-refractivity contribution in [3.63, 3.8) is 0 Å². The molecule has 0 fully saturated rings. The molecule has 0 amide bonds. The molecule has 0 saturated heterocycles. The molecule has 0 heterocycles. The Morgan fingerprint density at radius 1 is 1.08 bits per heavy atom. The van der Waals surface area contributed by atoms with Crippen LogP contribution in [0, 0.1) is 0 Å². The fourth-order valence-electron chi connectivity index (χ4n) is 0.874. The maximum atomic E-state index is 5.41. The quantitative estimate of drug-likeness (QED) is 0.550. The summed E-state index contributed by atoms with van der Waals surface area (Å²) in [5.41, 5.74) is 5.36. The van der Waals surface area contributed by atoms with Gasteiger partial charge in [0.2, 0.25) is 0 Å². The lowest BCUT2D eigenvalue weighted by Crippen LogP contribution is -2.18. The summed E-state index contributed by atoms with van der Waals surface area (Å²) in [6.07, 6.45) is 3.46. The van der Waals surface area contributed by atoms with Crippen LogP contribution in [-0.4, -0.2) is 45.3 Å². The molecule has 0 rings (SSSR count). The number of nitrogens with two attached hydrogens (primary N) is 1. The smallest absolute Gasteiger partial charge is 0.0593 e. The highest BCUT2D eigenvalue weighted by molar-refractivity contribution is 4.43. The maximum absolute atomic E-state index is 5.41. The van der Waals surface area contributed by atoms with Gasteiger partial charge in [-0.1, -0.05) is 0 Å². The Balaban J connectivity index is 2.82. The molecule has 0 aliphatic carbocycles. The molecular formula is C9H22N2O. The molecule has 3 nitrogen and oxygen atoms in total. The van der Waals surface area contributed by atoms with Gasteiger partial charge in [-0.15, -0.1) is 0 Å². The lowest BCUT2D eigenvalue weighted by Gasteiger charge is -2.09. The van der Waals surface area contributed by atoms with E-state index in [4.69, 9.17) is 10.5 Å². The molecule has 0 bridgehead atoms. The van der Waals surface area contributed by atoms with E-state index in [1.165, 1.54) is 6.42 Å². The van der Waals surface area contributed by atoms with Crippen molar-refractivity contribution in [1.29, 1.82) is 0 Å². The topological polar surface area (TPSA) is 38.5 Å². The predicted molar refractivity (Wildman–Crippen MR) is 52.3 cm³/mol. The molecule has 74 valence electrons. The summed E-state index contributed by atoms with van der Waals surface area (Å²) in [6.45, 7) is 3.54. The minimum absolute atomic E-state index is 0.803. The zero-order valence-corrected chi connectivity index (χ0v) is 8.38. The summed E-state index contributed by atoms with van der Waals surface area (Å²) >= 11 is 0. The van der Waals surface area contributed by atoms with Crippen LogP contribution in [0.3, 0.4) is 0 Å². The zero-order valence-electron chi connectivity index (χ0n) is 8.38. The molecule has 0 aliphatic rings. The fraction of sp³-hybridized carbons (Fsp3) is 1.00. The first kappa shape index (κ1) is 11.9. The van der Waals surface area contributed by atoms with E-state index in [9.17, 15) is 0 Å². The van der Waals surface area contributed by atoms with Crippen molar-refractivity contribution in [2.45, 2.75) is 19.3 Å². The van der Waals surface area contributed by atoms with Crippen molar-refractivity contribution in [2.75, 3.05) is 40.4 Å². The standard InChI is InChI=1S/C9H22N2O/c1-11(2)7-9-12-8-5-3-4-6-10/h3-10H2,1-2H3. The van der Waals surface area contributed by atoms with E-state index in [-0.39, 0.29) is 0 Å². The summed E-state index contributed by atoms with van der Waals surface area (Å²) < 4.78 is 5.41. The van der Waals surface area contributed by atoms with Gasteiger partial charge in [-0.05, 0) is 39.9 Å². The highest BCUT2D eigenvalue weighted by atomic mass is 16.5. The molecule has 3 heteroatoms. The number of hydrogen-bond donors (Lipinski definition) is 1. The summed E-state index contributed by atoms with van der Waals surface area (Å²) in [4.78, 5) is 2.12. The van der Waals surface area contributed by atoms with Crippen LogP contribution in [0.25, 0.3) is 0 Å². The van der Waals surface area contributed by atoms with E-state index < -0.39 is 0 Å². The Bertz CT molecular complexity index is 86.6. The lowest BCUT2D eigenvalue weighted by molar-refractivity contribution is 0.114. The van der Waals surface area contributed by atoms with Crippen LogP contribution < -0.4 is 5.73 Å². The SMILES string of the molecule is CN(C)CCOCCCCCN. The second kappa shape index (κ2) is 8.97. The minimum atomic E-state index is 0.803. The van der Waals surface area contributed by atoms with E-state index in [1.54, 1.807) is 0 Å². The van der Waals surface area contributed by atoms with Gasteiger partial charge in [0.25, 0.3) is 0 Å². The van der Waals surface area contributed by atoms with Crippen molar-refractivity contribution < 1.29 is 4.74 Å². The second-order valence-corrected chi connectivity index (χ2v) is 3.26. The summed E-state index contributed by atoms with van der Waals surface area (Å²) in [6, 6.07) is 0. The average molecular weight is 174 g/mol. The number of hydrogen-bond acceptors (Lipinski definition) is 3. The van der Waals surface area contributed by atoms with Crippen LogP contribution in [0.4, 0.5) is 0 Å². The number of nitrogens with zero attached hydrogens (tertiary/aromatic N) is 1. The van der Waals surface area contributed by atoms with Crippen molar-refractivity contribution in [3.8, 4) is 0 Å². The third kappa shape index (κ3) is 9.88. The molecule has 0 saturated carbocycles. The van der Waals surface area contributed by atoms with E-state index in [0.29, 0.717) is 0 Å². The monoisotopic (exact) mass is 174 g/mol. The molecule has 0 radical (unpaired) electrons. The van der Waals surface area contributed by atoms with Gasteiger partial charge < -0.3 is 15.4 Å². The third-order valence-corrected chi connectivity index (χ3v) is 1.68. The second-order valence-electron chi connectivity index (χ2n) is 3.26. The van der Waals surface area contributed by atoms with Crippen molar-refractivity contribution >= 4 is 0 Å². The fourth-order valence-corrected chi connectivity index (χ4v) is 0.874. The van der Waals surface area contributed by atoms with Crippen LogP contribution in [0.1, 0.15) is 19.3 Å². The highest BCUT2D eigenvalue weighted by Crippen LogP contribution is 1.93. The first-order valence-electron chi connectivity index (χ1n) is 4.70. The van der Waals surface area contributed by atoms with E-state index in [2.05, 4.69) is 19.0 Å². The molecule has 0 unspecified atom stereocenters. The normalized spacial score (nSPS) is 11.0. The molecular weight excluding hydrogens is 152 g/mol. The van der Waals surface area contributed by atoms with Crippen LogP contribution in [-0.2, 0) is 4.74 Å². The largest absolute Gasteiger partial charge is 0.380 e. The molecule has 2 N–H and O–H groups in total. The summed E-state index contributed by atoms with van der Waals surface area (Å²) in [5, 5.41) is 0. The van der Waals surface area contributed by atoms with E-state index in [0.717, 1.165) is 39.1 Å². The summed E-state index contributed by atoms with van der Waals surface area (Å²) in [7, 11) is 4.11. The molecule has 0 aromatic heterocycles. The van der Waals surface area contributed by atoms with E-state index in [1.807, 2.05) is 0 Å². The van der Waals surface area contributed by atoms with Gasteiger partial charge in [0, 0.05) is 13.2 Å². The van der Waals surface area contributed by atoms with Gasteiger partial charge in [0.1, 0.15) is 0 Å². The predicted octanol–water partition coefficient (Wildman–Crippen LogP) is 0.694. The Kier molecular flexibility index (Phi) is 8.88. The maximum Gasteiger partial charge on any atom is 0.0593 e. The number of unbranched alkanes of at least 4 members (excludes halogenated alkanes) is 2. The van der Waals surface area contributed by atoms with Gasteiger partial charge in [0.15, 0.2) is 0 Å². The average Bonchev–Trinajstić information content (AvgIpc) is 2.02. The van der Waals surface area contributed by atoms with Crippen molar-refractivity contribution in [3.05, 3.63) is 0 Å². The van der Waals surface area contributed by atoms with Crippen LogP contribution >= 0.6 is 0 Å². The number of ether oxygens (including phenoxy) is 1. The van der Waals surface area contributed by atoms with Gasteiger partial charge in [-0.2, -0.15) is 0 Å². The zero-order chi connectivity index (χ0) is 9.23. The number of rotatable bonds is 8. The Labute approximate surface area is 75.9 Å². The third-order valence-electron chi connectivity index (χ3n) is 1.68. The summed E-state index contributed by atoms with van der Waals surface area (Å²) in [5.74, 6) is 0. The number of likely N-dealkylation sites (N-methyl/N-ethyl adjacent to an activating group) is 1. The molecule has 0 aliphatic heterocycles. The minimum Gasteiger partial charge on any atom is -0.380 e. The first-order valence-corrected chi connectivity index (χ1v) is 4.70. The van der Waals surface area contributed by atoms with Gasteiger partial charge in [-0.3, -0.25) is 0 Å². The van der Waals surface area contributed by atoms with Crippen LogP contribution in [0.5, 0.6) is 0 Å². The molecule has 12 heavy (non-hydrogen) atoms. The van der Waals surface area contributed by atoms with Crippen molar-refractivity contribution in [2.24, 2.45) is 5.73 Å². The Hall–Kier alpha value is -0.120. The first-order chi connectivity index (χ1) is 5.77. The van der Waals surface area contributed by atoms with Gasteiger partial charge in [0.05, 0.1) is 6.61 Å². The van der Waals surface area contributed by atoms with Crippen LogP contribution in [0.15, 0.2) is 0 Å².